The molecule has 1 aromatic heterocycles. The maximum absolute atomic E-state index is 12.8. The molecule has 2 rings (SSSR count). The van der Waals surface area contributed by atoms with Crippen molar-refractivity contribution in [2.24, 2.45) is 0 Å². The van der Waals surface area contributed by atoms with Crippen LogP contribution >= 0.6 is 22.9 Å². The third kappa shape index (κ3) is 3.61. The highest BCUT2D eigenvalue weighted by Crippen LogP contribution is 2.35. The summed E-state index contributed by atoms with van der Waals surface area (Å²) in [6, 6.07) is 4.00. The second-order valence-electron chi connectivity index (χ2n) is 3.98. The summed E-state index contributed by atoms with van der Waals surface area (Å²) in [5, 5.41) is 2.78. The molecule has 1 N–H and O–H groups in total. The Morgan fingerprint density at radius 2 is 2.11 bits per heavy atom. The zero-order valence-electron chi connectivity index (χ0n) is 9.88. The van der Waals surface area contributed by atoms with E-state index in [1.807, 2.05) is 0 Å². The van der Waals surface area contributed by atoms with E-state index in [1.165, 1.54) is 23.5 Å². The highest BCUT2D eigenvalue weighted by molar-refractivity contribution is 7.15. The fourth-order valence-corrected chi connectivity index (χ4v) is 2.52. The summed E-state index contributed by atoms with van der Waals surface area (Å²) in [4.78, 5) is 4.62. The van der Waals surface area contributed by atoms with Gasteiger partial charge in [-0.2, -0.15) is 13.2 Å². The van der Waals surface area contributed by atoms with Crippen molar-refractivity contribution in [1.82, 2.24) is 4.98 Å². The van der Waals surface area contributed by atoms with Gasteiger partial charge in [0.25, 0.3) is 0 Å². The van der Waals surface area contributed by atoms with Crippen molar-refractivity contribution in [3.63, 3.8) is 0 Å². The van der Waals surface area contributed by atoms with Crippen LogP contribution in [0.2, 0.25) is 4.47 Å². The van der Waals surface area contributed by atoms with Crippen molar-refractivity contribution in [1.29, 1.82) is 0 Å². The second kappa shape index (κ2) is 5.38. The third-order valence-corrected chi connectivity index (χ3v) is 3.57. The number of anilines is 1. The molecule has 0 saturated carbocycles. The van der Waals surface area contributed by atoms with E-state index in [-0.39, 0.29) is 12.2 Å². The van der Waals surface area contributed by atoms with Gasteiger partial charge in [0.1, 0.15) is 0 Å². The lowest BCUT2D eigenvalue weighted by molar-refractivity contribution is -0.137. The van der Waals surface area contributed by atoms with Crippen LogP contribution in [0, 0.1) is 6.92 Å². The predicted octanol–water partition coefficient (Wildman–Crippen LogP) is 4.74. The van der Waals surface area contributed by atoms with Gasteiger partial charge in [-0.05, 0) is 24.6 Å². The van der Waals surface area contributed by atoms with Crippen molar-refractivity contribution in [3.8, 4) is 0 Å². The predicted molar refractivity (Wildman–Crippen MR) is 70.6 cm³/mol. The Hall–Kier alpha value is -1.27. The summed E-state index contributed by atoms with van der Waals surface area (Å²) >= 11 is 6.91. The van der Waals surface area contributed by atoms with Crippen molar-refractivity contribution in [3.05, 3.63) is 44.9 Å². The number of hydrogen-bond acceptors (Lipinski definition) is 3. The van der Waals surface area contributed by atoms with Crippen LogP contribution < -0.4 is 5.32 Å². The molecule has 0 unspecified atom stereocenters. The zero-order chi connectivity index (χ0) is 14.0. The lowest BCUT2D eigenvalue weighted by atomic mass is 10.1. The van der Waals surface area contributed by atoms with Gasteiger partial charge in [-0.3, -0.25) is 0 Å². The van der Waals surface area contributed by atoms with E-state index < -0.39 is 11.7 Å². The molecule has 0 atom stereocenters. The average Bonchev–Trinajstić information content (AvgIpc) is 2.71. The van der Waals surface area contributed by atoms with Crippen LogP contribution in [0.25, 0.3) is 0 Å². The minimum absolute atomic E-state index is 0.0667. The quantitative estimate of drug-likeness (QED) is 0.886. The molecule has 2 nitrogen and oxygen atoms in total. The number of halogens is 4. The molecule has 0 saturated heterocycles. The standard InChI is InChI=1S/C12H10ClF3N2S/c1-7-2-3-9(12(14,15)16)10(4-7)17-5-8-6-18-11(13)19-8/h2-4,6,17H,5H2,1H3. The van der Waals surface area contributed by atoms with E-state index in [0.29, 0.717) is 4.47 Å². The van der Waals surface area contributed by atoms with Gasteiger partial charge in [-0.1, -0.05) is 17.7 Å². The monoisotopic (exact) mass is 306 g/mol. The highest BCUT2D eigenvalue weighted by Gasteiger charge is 2.33. The number of rotatable bonds is 3. The molecule has 0 aliphatic rings. The van der Waals surface area contributed by atoms with Gasteiger partial charge in [0.05, 0.1) is 12.1 Å². The Morgan fingerprint density at radius 3 is 2.68 bits per heavy atom. The Morgan fingerprint density at radius 1 is 1.37 bits per heavy atom. The number of aromatic nitrogens is 1. The van der Waals surface area contributed by atoms with E-state index in [4.69, 9.17) is 11.6 Å². The van der Waals surface area contributed by atoms with E-state index in [9.17, 15) is 13.2 Å². The fraction of sp³-hybridized carbons (Fsp3) is 0.250. The Bertz CT molecular complexity index is 581. The molecule has 0 amide bonds. The minimum atomic E-state index is -4.37. The van der Waals surface area contributed by atoms with Crippen LogP contribution in [-0.2, 0) is 12.7 Å². The number of nitrogens with one attached hydrogen (secondary N) is 1. The number of hydrogen-bond donors (Lipinski definition) is 1. The number of aryl methyl sites for hydroxylation is 1. The first-order chi connectivity index (χ1) is 8.86. The fourth-order valence-electron chi connectivity index (χ4n) is 1.60. The van der Waals surface area contributed by atoms with Gasteiger partial charge in [-0.15, -0.1) is 11.3 Å². The van der Waals surface area contributed by atoms with Crippen molar-refractivity contribution < 1.29 is 13.2 Å². The van der Waals surface area contributed by atoms with E-state index in [0.717, 1.165) is 16.5 Å². The summed E-state index contributed by atoms with van der Waals surface area (Å²) in [5.41, 5.74) is 0.156. The van der Waals surface area contributed by atoms with E-state index >= 15 is 0 Å². The first-order valence-corrected chi connectivity index (χ1v) is 6.57. The number of thiazole rings is 1. The first-order valence-electron chi connectivity index (χ1n) is 5.38. The van der Waals surface area contributed by atoms with Gasteiger partial charge >= 0.3 is 6.18 Å². The largest absolute Gasteiger partial charge is 0.418 e. The van der Waals surface area contributed by atoms with Gasteiger partial charge < -0.3 is 5.32 Å². The summed E-state index contributed by atoms with van der Waals surface area (Å²) in [6.45, 7) is 2.01. The number of nitrogens with zero attached hydrogens (tertiary/aromatic N) is 1. The van der Waals surface area contributed by atoms with Gasteiger partial charge in [0.15, 0.2) is 4.47 Å². The van der Waals surface area contributed by atoms with Crippen molar-refractivity contribution in [2.45, 2.75) is 19.6 Å². The van der Waals surface area contributed by atoms with Crippen LogP contribution in [0.3, 0.4) is 0 Å². The number of benzene rings is 1. The molecule has 1 heterocycles. The molecule has 102 valence electrons. The first kappa shape index (κ1) is 14.1. The normalized spacial score (nSPS) is 11.6. The molecule has 0 bridgehead atoms. The topological polar surface area (TPSA) is 24.9 Å². The Balaban J connectivity index is 2.21. The van der Waals surface area contributed by atoms with Gasteiger partial charge in [0, 0.05) is 16.8 Å². The van der Waals surface area contributed by atoms with Gasteiger partial charge in [-0.25, -0.2) is 4.98 Å². The SMILES string of the molecule is Cc1ccc(C(F)(F)F)c(NCc2cnc(Cl)s2)c1. The summed E-state index contributed by atoms with van der Waals surface area (Å²) in [6.07, 6.45) is -2.83. The molecule has 0 spiro atoms. The smallest absolute Gasteiger partial charge is 0.380 e. The Labute approximate surface area is 117 Å². The van der Waals surface area contributed by atoms with Crippen LogP contribution in [0.1, 0.15) is 16.0 Å². The van der Waals surface area contributed by atoms with Crippen LogP contribution in [-0.4, -0.2) is 4.98 Å². The van der Waals surface area contributed by atoms with Crippen LogP contribution in [0.15, 0.2) is 24.4 Å². The molecule has 7 heteroatoms. The number of alkyl halides is 3. The van der Waals surface area contributed by atoms with Crippen LogP contribution in [0.4, 0.5) is 18.9 Å². The minimum Gasteiger partial charge on any atom is -0.380 e. The van der Waals surface area contributed by atoms with Crippen molar-refractivity contribution in [2.75, 3.05) is 5.32 Å². The highest BCUT2D eigenvalue weighted by atomic mass is 35.5. The summed E-state index contributed by atoms with van der Waals surface area (Å²) in [5.74, 6) is 0. The zero-order valence-corrected chi connectivity index (χ0v) is 11.5. The molecule has 0 aliphatic carbocycles. The third-order valence-electron chi connectivity index (χ3n) is 2.46. The molecule has 2 aromatic rings. The summed E-state index contributed by atoms with van der Waals surface area (Å²) in [7, 11) is 0. The average molecular weight is 307 g/mol. The Kier molecular flexibility index (Phi) is 4.01. The van der Waals surface area contributed by atoms with E-state index in [1.54, 1.807) is 13.1 Å². The maximum Gasteiger partial charge on any atom is 0.418 e. The molecule has 0 fully saturated rings. The summed E-state index contributed by atoms with van der Waals surface area (Å²) < 4.78 is 38.9. The lowest BCUT2D eigenvalue weighted by Crippen LogP contribution is -2.10. The molecular weight excluding hydrogens is 297 g/mol. The second-order valence-corrected chi connectivity index (χ2v) is 5.68. The lowest BCUT2D eigenvalue weighted by Gasteiger charge is -2.14. The molecule has 1 aromatic carbocycles. The molecule has 19 heavy (non-hydrogen) atoms. The maximum atomic E-state index is 12.8. The van der Waals surface area contributed by atoms with Crippen molar-refractivity contribution >= 4 is 28.6 Å². The van der Waals surface area contributed by atoms with Crippen LogP contribution in [0.5, 0.6) is 0 Å². The van der Waals surface area contributed by atoms with Gasteiger partial charge in [0.2, 0.25) is 0 Å². The van der Waals surface area contributed by atoms with E-state index in [2.05, 4.69) is 10.3 Å². The molecule has 0 radical (unpaired) electrons. The molecule has 0 aliphatic heterocycles. The molecular formula is C12H10ClF3N2S.